The fourth-order valence-corrected chi connectivity index (χ4v) is 4.20. The first-order valence-electron chi connectivity index (χ1n) is 10.2. The van der Waals surface area contributed by atoms with Crippen molar-refractivity contribution in [3.05, 3.63) is 41.6 Å². The number of aliphatic hydroxyl groups is 1. The van der Waals surface area contributed by atoms with Crippen LogP contribution in [0.25, 0.3) is 0 Å². The summed E-state index contributed by atoms with van der Waals surface area (Å²) in [5, 5.41) is 16.3. The maximum atomic E-state index is 14.1. The summed E-state index contributed by atoms with van der Waals surface area (Å²) in [5.74, 6) is 0.190. The Hall–Kier alpha value is -2.48. The van der Waals surface area contributed by atoms with Crippen molar-refractivity contribution in [1.82, 2.24) is 9.97 Å². The lowest BCUT2D eigenvalue weighted by atomic mass is 9.93. The lowest BCUT2D eigenvalue weighted by Gasteiger charge is -2.32. The molecule has 2 aliphatic rings. The molecule has 6 nitrogen and oxygen atoms in total. The minimum atomic E-state index is -0.613. The predicted molar refractivity (Wildman–Crippen MR) is 109 cm³/mol. The number of nitrogens with zero attached hydrogens (tertiary/aromatic N) is 3. The number of hydrogen-bond donors (Lipinski definition) is 3. The van der Waals surface area contributed by atoms with Gasteiger partial charge in [-0.1, -0.05) is 0 Å². The van der Waals surface area contributed by atoms with Crippen molar-refractivity contribution in [1.29, 1.82) is 0 Å². The molecule has 0 amide bonds. The minimum Gasteiger partial charge on any atom is -0.393 e. The first-order chi connectivity index (χ1) is 13.9. The normalized spacial score (nSPS) is 23.9. The molecule has 1 saturated carbocycles. The van der Waals surface area contributed by atoms with Crippen LogP contribution in [0.3, 0.4) is 0 Å². The Balaban J connectivity index is 1.52. The van der Waals surface area contributed by atoms with Crippen LogP contribution < -0.4 is 15.5 Å². The number of anilines is 3. The molecule has 2 aromatic rings. The third-order valence-electron chi connectivity index (χ3n) is 5.67. The molecule has 156 valence electrons. The molecule has 1 aliphatic carbocycles. The summed E-state index contributed by atoms with van der Waals surface area (Å²) in [6.07, 6.45) is 5.41. The zero-order valence-corrected chi connectivity index (χ0v) is 16.7. The number of rotatable bonds is 5. The predicted octanol–water partition coefficient (Wildman–Crippen LogP) is 3.68. The Morgan fingerprint density at radius 3 is 2.59 bits per heavy atom. The lowest BCUT2D eigenvalue weighted by Crippen LogP contribution is -2.43. The Labute approximate surface area is 169 Å². The number of halogens is 2. The first-order valence-corrected chi connectivity index (χ1v) is 10.2. The van der Waals surface area contributed by atoms with Crippen molar-refractivity contribution in [2.75, 3.05) is 15.5 Å². The summed E-state index contributed by atoms with van der Waals surface area (Å²) in [6.45, 7) is 4.12. The third kappa shape index (κ3) is 4.27. The van der Waals surface area contributed by atoms with Crippen molar-refractivity contribution in [2.24, 2.45) is 0 Å². The van der Waals surface area contributed by atoms with Gasteiger partial charge >= 0.3 is 0 Å². The van der Waals surface area contributed by atoms with E-state index < -0.39 is 11.6 Å². The van der Waals surface area contributed by atoms with E-state index in [0.29, 0.717) is 12.4 Å². The molecule has 0 spiro atoms. The van der Waals surface area contributed by atoms with Gasteiger partial charge in [-0.15, -0.1) is 0 Å². The highest BCUT2D eigenvalue weighted by atomic mass is 19.1. The lowest BCUT2D eigenvalue weighted by molar-refractivity contribution is 0.126. The Bertz CT molecular complexity index is 870. The molecular weight excluding hydrogens is 376 g/mol. The van der Waals surface area contributed by atoms with Gasteiger partial charge in [0.25, 0.3) is 0 Å². The topological polar surface area (TPSA) is 73.3 Å². The highest BCUT2D eigenvalue weighted by Crippen LogP contribution is 2.34. The summed E-state index contributed by atoms with van der Waals surface area (Å²) in [4.78, 5) is 11.3. The van der Waals surface area contributed by atoms with Crippen LogP contribution in [0.1, 0.15) is 45.1 Å². The van der Waals surface area contributed by atoms with Crippen LogP contribution in [0.15, 0.2) is 24.4 Å². The van der Waals surface area contributed by atoms with Crippen LogP contribution in [-0.2, 0) is 6.42 Å². The molecule has 1 aromatic carbocycles. The smallest absolute Gasteiger partial charge is 0.224 e. The summed E-state index contributed by atoms with van der Waals surface area (Å²) >= 11 is 0. The Morgan fingerprint density at radius 1 is 1.14 bits per heavy atom. The average Bonchev–Trinajstić information content (AvgIpc) is 3.03. The van der Waals surface area contributed by atoms with Gasteiger partial charge in [0, 0.05) is 36.3 Å². The first kappa shape index (κ1) is 19.8. The van der Waals surface area contributed by atoms with Crippen molar-refractivity contribution in [3.63, 3.8) is 0 Å². The van der Waals surface area contributed by atoms with Gasteiger partial charge in [0.2, 0.25) is 5.95 Å². The summed E-state index contributed by atoms with van der Waals surface area (Å²) in [6, 6.07) is 3.93. The number of aromatic nitrogens is 2. The molecule has 1 unspecified atom stereocenters. The molecule has 4 rings (SSSR count). The van der Waals surface area contributed by atoms with Gasteiger partial charge in [0.1, 0.15) is 23.6 Å². The molecule has 8 heteroatoms. The van der Waals surface area contributed by atoms with Gasteiger partial charge in [0.05, 0.1) is 11.8 Å². The second kappa shape index (κ2) is 8.10. The maximum Gasteiger partial charge on any atom is 0.224 e. The van der Waals surface area contributed by atoms with Gasteiger partial charge < -0.3 is 20.6 Å². The Morgan fingerprint density at radius 2 is 1.90 bits per heavy atom. The summed E-state index contributed by atoms with van der Waals surface area (Å²) < 4.78 is 27.4. The van der Waals surface area contributed by atoms with Gasteiger partial charge in [-0.3, -0.25) is 0 Å². The highest BCUT2D eigenvalue weighted by Gasteiger charge is 2.34. The molecule has 0 bridgehead atoms. The van der Waals surface area contributed by atoms with E-state index in [0.717, 1.165) is 43.1 Å². The van der Waals surface area contributed by atoms with E-state index in [1.807, 2.05) is 6.20 Å². The monoisotopic (exact) mass is 403 g/mol. The molecule has 29 heavy (non-hydrogen) atoms. The second-order valence-electron chi connectivity index (χ2n) is 8.18. The largest absolute Gasteiger partial charge is 0.393 e. The molecule has 3 N–H and O–H groups in total. The van der Waals surface area contributed by atoms with E-state index in [1.165, 1.54) is 12.1 Å². The second-order valence-corrected chi connectivity index (χ2v) is 8.18. The quantitative estimate of drug-likeness (QED) is 0.707. The van der Waals surface area contributed by atoms with Gasteiger partial charge in [-0.2, -0.15) is 4.98 Å². The van der Waals surface area contributed by atoms with E-state index in [4.69, 9.17) is 4.98 Å². The fourth-order valence-electron chi connectivity index (χ4n) is 4.20. The van der Waals surface area contributed by atoms with Crippen molar-refractivity contribution < 1.29 is 13.9 Å². The standard InChI is InChI=1S/C21H27F2N5O/c1-12(2)28-19(26-18-8-3-14(22)10-17(18)23)9-13-11-24-21(27-20(13)28)25-15-4-6-16(29)7-5-15/h3,8,10-12,15-16,19,26,29H,4-7,9H2,1-2H3,(H,24,25,27)/t15-,16-,19?. The van der Waals surface area contributed by atoms with Crippen LogP contribution in [-0.4, -0.2) is 39.4 Å². The summed E-state index contributed by atoms with van der Waals surface area (Å²) in [5.41, 5.74) is 1.25. The molecule has 0 saturated heterocycles. The van der Waals surface area contributed by atoms with E-state index >= 15 is 0 Å². The number of fused-ring (bicyclic) bond motifs is 1. The van der Waals surface area contributed by atoms with E-state index in [2.05, 4.69) is 34.4 Å². The minimum absolute atomic E-state index is 0.129. The van der Waals surface area contributed by atoms with Gasteiger partial charge in [0.15, 0.2) is 0 Å². The molecule has 1 aliphatic heterocycles. The fraction of sp³-hybridized carbons (Fsp3) is 0.524. The van der Waals surface area contributed by atoms with Crippen LogP contribution in [0, 0.1) is 11.6 Å². The average molecular weight is 403 g/mol. The highest BCUT2D eigenvalue weighted by molar-refractivity contribution is 5.59. The summed E-state index contributed by atoms with van der Waals surface area (Å²) in [7, 11) is 0. The molecule has 0 radical (unpaired) electrons. The van der Waals surface area contributed by atoms with Crippen molar-refractivity contribution >= 4 is 17.5 Å². The third-order valence-corrected chi connectivity index (χ3v) is 5.67. The number of nitrogens with one attached hydrogen (secondary N) is 2. The molecule has 1 atom stereocenters. The van der Waals surface area contributed by atoms with E-state index in [-0.39, 0.29) is 30.0 Å². The number of aliphatic hydroxyl groups excluding tert-OH is 1. The SMILES string of the molecule is CC(C)N1c2nc(N[C@H]3CC[C@H](O)CC3)ncc2CC1Nc1ccc(F)cc1F. The zero-order chi connectivity index (χ0) is 20.5. The van der Waals surface area contributed by atoms with E-state index in [9.17, 15) is 13.9 Å². The van der Waals surface area contributed by atoms with Crippen LogP contribution in [0.4, 0.5) is 26.2 Å². The van der Waals surface area contributed by atoms with Crippen LogP contribution in [0.2, 0.25) is 0 Å². The molecule has 2 heterocycles. The maximum absolute atomic E-state index is 14.1. The van der Waals surface area contributed by atoms with E-state index in [1.54, 1.807) is 0 Å². The molecule has 1 aromatic heterocycles. The van der Waals surface area contributed by atoms with Crippen molar-refractivity contribution in [2.45, 2.75) is 70.3 Å². The zero-order valence-electron chi connectivity index (χ0n) is 16.7. The van der Waals surface area contributed by atoms with Crippen LogP contribution >= 0.6 is 0 Å². The molecule has 1 fully saturated rings. The Kier molecular flexibility index (Phi) is 5.54. The number of benzene rings is 1. The molecular formula is C21H27F2N5O. The van der Waals surface area contributed by atoms with Crippen LogP contribution in [0.5, 0.6) is 0 Å². The van der Waals surface area contributed by atoms with Crippen molar-refractivity contribution in [3.8, 4) is 0 Å². The number of hydrogen-bond acceptors (Lipinski definition) is 6. The van der Waals surface area contributed by atoms with Gasteiger partial charge in [-0.25, -0.2) is 13.8 Å². The van der Waals surface area contributed by atoms with Gasteiger partial charge in [-0.05, 0) is 51.7 Å².